The second-order valence-corrected chi connectivity index (χ2v) is 7.24. The van der Waals surface area contributed by atoms with Gasteiger partial charge in [-0.2, -0.15) is 0 Å². The van der Waals surface area contributed by atoms with Crippen molar-refractivity contribution in [2.75, 3.05) is 17.2 Å². The van der Waals surface area contributed by atoms with Crippen molar-refractivity contribution in [2.45, 2.75) is 11.4 Å². The van der Waals surface area contributed by atoms with Crippen LogP contribution in [0.2, 0.25) is 5.02 Å². The van der Waals surface area contributed by atoms with E-state index < -0.39 is 4.87 Å². The van der Waals surface area contributed by atoms with Crippen LogP contribution in [-0.2, 0) is 16.2 Å². The number of nitrogens with one attached hydrogen (secondary N) is 1. The summed E-state index contributed by atoms with van der Waals surface area (Å²) in [4.78, 5) is 14.3. The Morgan fingerprint density at radius 2 is 2.05 bits per heavy atom. The van der Waals surface area contributed by atoms with Crippen molar-refractivity contribution in [3.05, 3.63) is 64.7 Å². The summed E-state index contributed by atoms with van der Waals surface area (Å²) < 4.78 is 0. The Bertz CT molecular complexity index is 729. The second-order valence-electron chi connectivity index (χ2n) is 5.49. The topological polar surface area (TPSA) is 32.3 Å². The van der Waals surface area contributed by atoms with Crippen molar-refractivity contribution < 1.29 is 4.79 Å². The number of rotatable bonds is 2. The SMILES string of the molecule is O=C1N(Cc2ccccc2)c2ccc(Cl)cc2C12NCCS2. The Hall–Kier alpha value is -1.49. The van der Waals surface area contributed by atoms with Gasteiger partial charge in [-0.25, -0.2) is 0 Å². The summed E-state index contributed by atoms with van der Waals surface area (Å²) in [6, 6.07) is 15.8. The van der Waals surface area contributed by atoms with Crippen molar-refractivity contribution in [2.24, 2.45) is 0 Å². The first-order valence-corrected chi connectivity index (χ1v) is 8.62. The predicted molar refractivity (Wildman–Crippen MR) is 91.2 cm³/mol. The van der Waals surface area contributed by atoms with E-state index in [0.717, 1.165) is 29.1 Å². The molecule has 0 saturated carbocycles. The molecule has 1 unspecified atom stereocenters. The van der Waals surface area contributed by atoms with Gasteiger partial charge in [-0.1, -0.05) is 41.9 Å². The highest BCUT2D eigenvalue weighted by Crippen LogP contribution is 2.50. The molecule has 0 bridgehead atoms. The zero-order valence-electron chi connectivity index (χ0n) is 11.9. The molecule has 0 aromatic heterocycles. The molecule has 0 aliphatic carbocycles. The number of nitrogens with zero attached hydrogens (tertiary/aromatic N) is 1. The van der Waals surface area contributed by atoms with Gasteiger partial charge < -0.3 is 4.90 Å². The average molecular weight is 331 g/mol. The lowest BCUT2D eigenvalue weighted by molar-refractivity contribution is -0.121. The van der Waals surface area contributed by atoms with E-state index in [0.29, 0.717) is 11.6 Å². The van der Waals surface area contributed by atoms with Gasteiger partial charge in [-0.15, -0.1) is 11.8 Å². The van der Waals surface area contributed by atoms with E-state index in [1.54, 1.807) is 11.8 Å². The smallest absolute Gasteiger partial charge is 0.262 e. The number of hydrogen-bond acceptors (Lipinski definition) is 3. The Kier molecular flexibility index (Phi) is 3.40. The first-order chi connectivity index (χ1) is 10.7. The number of halogens is 1. The molecule has 1 atom stereocenters. The van der Waals surface area contributed by atoms with E-state index in [1.165, 1.54) is 0 Å². The molecule has 1 saturated heterocycles. The summed E-state index contributed by atoms with van der Waals surface area (Å²) in [5.41, 5.74) is 3.07. The molecular weight excluding hydrogens is 316 g/mol. The first kappa shape index (κ1) is 14.1. The maximum absolute atomic E-state index is 13.1. The molecule has 2 aliphatic rings. The van der Waals surface area contributed by atoms with Crippen molar-refractivity contribution in [3.8, 4) is 0 Å². The highest BCUT2D eigenvalue weighted by Gasteiger charge is 2.53. The standard InChI is InChI=1S/C17H15ClN2OS/c18-13-6-7-15-14(10-13)17(19-8-9-22-17)16(21)20(15)11-12-4-2-1-3-5-12/h1-7,10,19H,8-9,11H2. The molecule has 112 valence electrons. The number of fused-ring (bicyclic) bond motifs is 2. The third-order valence-corrected chi connectivity index (χ3v) is 5.77. The van der Waals surface area contributed by atoms with Crippen molar-refractivity contribution >= 4 is 35.0 Å². The first-order valence-electron chi connectivity index (χ1n) is 7.26. The van der Waals surface area contributed by atoms with Gasteiger partial charge in [-0.3, -0.25) is 10.1 Å². The van der Waals surface area contributed by atoms with E-state index in [2.05, 4.69) is 5.32 Å². The number of hydrogen-bond donors (Lipinski definition) is 1. The van der Waals surface area contributed by atoms with E-state index in [9.17, 15) is 4.79 Å². The number of carbonyl (C=O) groups is 1. The van der Waals surface area contributed by atoms with Gasteiger partial charge in [-0.05, 0) is 23.8 Å². The van der Waals surface area contributed by atoms with Crippen LogP contribution in [0.1, 0.15) is 11.1 Å². The van der Waals surface area contributed by atoms with Crippen LogP contribution in [0, 0.1) is 0 Å². The summed E-state index contributed by atoms with van der Waals surface area (Å²) in [5, 5.41) is 4.06. The van der Waals surface area contributed by atoms with Crippen LogP contribution >= 0.6 is 23.4 Å². The van der Waals surface area contributed by atoms with Crippen LogP contribution < -0.4 is 10.2 Å². The Balaban J connectivity index is 1.79. The number of carbonyl (C=O) groups excluding carboxylic acids is 1. The zero-order chi connectivity index (χ0) is 15.2. The fourth-order valence-corrected chi connectivity index (χ4v) is 4.59. The fraction of sp³-hybridized carbons (Fsp3) is 0.235. The van der Waals surface area contributed by atoms with E-state index in [4.69, 9.17) is 11.6 Å². The quantitative estimate of drug-likeness (QED) is 0.916. The minimum Gasteiger partial charge on any atom is -0.305 e. The van der Waals surface area contributed by atoms with Gasteiger partial charge in [0, 0.05) is 22.9 Å². The molecule has 2 aliphatic heterocycles. The summed E-state index contributed by atoms with van der Waals surface area (Å²) in [7, 11) is 0. The molecule has 2 aromatic carbocycles. The van der Waals surface area contributed by atoms with Gasteiger partial charge >= 0.3 is 0 Å². The lowest BCUT2D eigenvalue weighted by Gasteiger charge is -2.23. The Morgan fingerprint density at radius 3 is 2.77 bits per heavy atom. The largest absolute Gasteiger partial charge is 0.305 e. The van der Waals surface area contributed by atoms with Crippen molar-refractivity contribution in [3.63, 3.8) is 0 Å². The van der Waals surface area contributed by atoms with E-state index >= 15 is 0 Å². The molecule has 0 radical (unpaired) electrons. The molecule has 2 aromatic rings. The van der Waals surface area contributed by atoms with Gasteiger partial charge in [0.05, 0.1) is 12.2 Å². The Morgan fingerprint density at radius 1 is 1.23 bits per heavy atom. The third kappa shape index (κ3) is 2.06. The summed E-state index contributed by atoms with van der Waals surface area (Å²) in [5.74, 6) is 1.03. The van der Waals surface area contributed by atoms with Gasteiger partial charge in [0.2, 0.25) is 0 Å². The summed E-state index contributed by atoms with van der Waals surface area (Å²) in [6.07, 6.45) is 0. The zero-order valence-corrected chi connectivity index (χ0v) is 13.5. The molecule has 1 spiro atoms. The van der Waals surface area contributed by atoms with Gasteiger partial charge in [0.1, 0.15) is 0 Å². The minimum atomic E-state index is -0.658. The molecule has 22 heavy (non-hydrogen) atoms. The molecule has 3 nitrogen and oxygen atoms in total. The van der Waals surface area contributed by atoms with Crippen LogP contribution in [0.4, 0.5) is 5.69 Å². The van der Waals surface area contributed by atoms with Crippen LogP contribution in [-0.4, -0.2) is 18.2 Å². The summed E-state index contributed by atoms with van der Waals surface area (Å²) in [6.45, 7) is 1.42. The number of anilines is 1. The van der Waals surface area contributed by atoms with Crippen molar-refractivity contribution in [1.82, 2.24) is 5.32 Å². The normalized spacial score (nSPS) is 23.3. The molecule has 2 heterocycles. The van der Waals surface area contributed by atoms with Crippen LogP contribution in [0.5, 0.6) is 0 Å². The molecule has 1 fully saturated rings. The van der Waals surface area contributed by atoms with E-state index in [1.807, 2.05) is 53.4 Å². The highest BCUT2D eigenvalue weighted by molar-refractivity contribution is 8.01. The predicted octanol–water partition coefficient (Wildman–Crippen LogP) is 3.38. The number of benzene rings is 2. The van der Waals surface area contributed by atoms with Crippen LogP contribution in [0.25, 0.3) is 0 Å². The maximum atomic E-state index is 13.1. The van der Waals surface area contributed by atoms with Crippen LogP contribution in [0.15, 0.2) is 48.5 Å². The Labute approximate surface area is 138 Å². The monoisotopic (exact) mass is 330 g/mol. The number of thioether (sulfide) groups is 1. The lowest BCUT2D eigenvalue weighted by Crippen LogP contribution is -2.44. The molecule has 5 heteroatoms. The lowest BCUT2D eigenvalue weighted by atomic mass is 10.1. The van der Waals surface area contributed by atoms with E-state index in [-0.39, 0.29) is 5.91 Å². The third-order valence-electron chi connectivity index (χ3n) is 4.15. The molecule has 4 rings (SSSR count). The number of amides is 1. The minimum absolute atomic E-state index is 0.108. The molecule has 1 N–H and O–H groups in total. The molecule has 1 amide bonds. The van der Waals surface area contributed by atoms with Gasteiger partial charge in [0.15, 0.2) is 4.87 Å². The summed E-state index contributed by atoms with van der Waals surface area (Å²) >= 11 is 7.84. The molecular formula is C17H15ClN2OS. The van der Waals surface area contributed by atoms with Crippen molar-refractivity contribution in [1.29, 1.82) is 0 Å². The highest BCUT2D eigenvalue weighted by atomic mass is 35.5. The maximum Gasteiger partial charge on any atom is 0.262 e. The second kappa shape index (κ2) is 5.30. The van der Waals surface area contributed by atoms with Gasteiger partial charge in [0.25, 0.3) is 5.91 Å². The average Bonchev–Trinajstić information content (AvgIpc) is 3.10. The fourth-order valence-electron chi connectivity index (χ4n) is 3.16. The van der Waals surface area contributed by atoms with Crippen LogP contribution in [0.3, 0.4) is 0 Å².